The lowest BCUT2D eigenvalue weighted by Gasteiger charge is -2.14. The number of hydrogen-bond donors (Lipinski definition) is 0. The second-order valence-corrected chi connectivity index (χ2v) is 5.11. The quantitative estimate of drug-likeness (QED) is 0.583. The van der Waals surface area contributed by atoms with E-state index in [1.807, 2.05) is 54.6 Å². The molecule has 0 aliphatic carbocycles. The predicted octanol–water partition coefficient (Wildman–Crippen LogP) is 5.71. The minimum atomic E-state index is 0.825. The maximum atomic E-state index is 6.08. The molecule has 3 aromatic carbocycles. The van der Waals surface area contributed by atoms with Gasteiger partial charge in [-0.1, -0.05) is 73.3 Å². The Hall–Kier alpha value is -2.80. The lowest BCUT2D eigenvalue weighted by molar-refractivity contribution is 0.477. The maximum Gasteiger partial charge on any atom is 0.131 e. The van der Waals surface area contributed by atoms with Crippen molar-refractivity contribution in [1.82, 2.24) is 0 Å². The van der Waals surface area contributed by atoms with Crippen LogP contribution in [0.15, 0.2) is 85.4 Å². The standard InChI is InChI=1S/C21H18O/c1-2-18-12-9-15-21(22-19-13-7-4-8-14-19)20(18)16-17-10-5-3-6-11-17/h2-15H,1,16H2. The Bertz CT molecular complexity index is 745. The summed E-state index contributed by atoms with van der Waals surface area (Å²) in [6.07, 6.45) is 2.71. The second-order valence-electron chi connectivity index (χ2n) is 5.11. The van der Waals surface area contributed by atoms with Crippen molar-refractivity contribution in [2.75, 3.05) is 0 Å². The van der Waals surface area contributed by atoms with E-state index in [2.05, 4.69) is 36.9 Å². The number of benzene rings is 3. The van der Waals surface area contributed by atoms with Crippen molar-refractivity contribution in [3.63, 3.8) is 0 Å². The summed E-state index contributed by atoms with van der Waals surface area (Å²) in [7, 11) is 0. The lowest BCUT2D eigenvalue weighted by Crippen LogP contribution is -1.96. The Morgan fingerprint density at radius 3 is 2.14 bits per heavy atom. The van der Waals surface area contributed by atoms with Gasteiger partial charge >= 0.3 is 0 Å². The predicted molar refractivity (Wildman–Crippen MR) is 92.3 cm³/mol. The first-order valence-corrected chi connectivity index (χ1v) is 7.38. The van der Waals surface area contributed by atoms with Gasteiger partial charge in [-0.25, -0.2) is 0 Å². The smallest absolute Gasteiger partial charge is 0.131 e. The first-order valence-electron chi connectivity index (χ1n) is 7.38. The van der Waals surface area contributed by atoms with Crippen LogP contribution in [0.1, 0.15) is 16.7 Å². The second kappa shape index (κ2) is 6.77. The van der Waals surface area contributed by atoms with Crippen molar-refractivity contribution in [2.24, 2.45) is 0 Å². The first kappa shape index (κ1) is 14.2. The van der Waals surface area contributed by atoms with Gasteiger partial charge in [-0.15, -0.1) is 0 Å². The summed E-state index contributed by atoms with van der Waals surface area (Å²) in [5, 5.41) is 0. The molecule has 0 amide bonds. The third kappa shape index (κ3) is 3.26. The van der Waals surface area contributed by atoms with Gasteiger partial charge in [0.15, 0.2) is 0 Å². The van der Waals surface area contributed by atoms with Gasteiger partial charge in [0, 0.05) is 12.0 Å². The number of ether oxygens (including phenoxy) is 1. The lowest BCUT2D eigenvalue weighted by atomic mass is 9.98. The Balaban J connectivity index is 1.97. The molecule has 3 rings (SSSR count). The van der Waals surface area contributed by atoms with E-state index >= 15 is 0 Å². The molecule has 0 atom stereocenters. The molecule has 3 aromatic rings. The fourth-order valence-corrected chi connectivity index (χ4v) is 2.47. The van der Waals surface area contributed by atoms with Gasteiger partial charge in [0.05, 0.1) is 0 Å². The van der Waals surface area contributed by atoms with Gasteiger partial charge < -0.3 is 4.74 Å². The summed E-state index contributed by atoms with van der Waals surface area (Å²) in [6.45, 7) is 3.93. The Kier molecular flexibility index (Phi) is 4.35. The average molecular weight is 286 g/mol. The summed E-state index contributed by atoms with van der Waals surface area (Å²) in [5.41, 5.74) is 3.53. The molecular formula is C21H18O. The summed E-state index contributed by atoms with van der Waals surface area (Å²) >= 11 is 0. The van der Waals surface area contributed by atoms with Crippen LogP contribution < -0.4 is 4.74 Å². The van der Waals surface area contributed by atoms with Crippen molar-refractivity contribution in [3.8, 4) is 11.5 Å². The molecule has 1 nitrogen and oxygen atoms in total. The molecule has 0 bridgehead atoms. The van der Waals surface area contributed by atoms with Crippen LogP contribution in [0.5, 0.6) is 11.5 Å². The average Bonchev–Trinajstić information content (AvgIpc) is 2.58. The minimum Gasteiger partial charge on any atom is -0.457 e. The molecule has 0 fully saturated rings. The van der Waals surface area contributed by atoms with Crippen molar-refractivity contribution in [1.29, 1.82) is 0 Å². The van der Waals surface area contributed by atoms with Crippen LogP contribution in [0.25, 0.3) is 6.08 Å². The molecule has 0 spiro atoms. The highest BCUT2D eigenvalue weighted by Gasteiger charge is 2.09. The monoisotopic (exact) mass is 286 g/mol. The third-order valence-electron chi connectivity index (χ3n) is 3.58. The summed E-state index contributed by atoms with van der Waals surface area (Å²) < 4.78 is 6.08. The normalized spacial score (nSPS) is 10.2. The van der Waals surface area contributed by atoms with E-state index in [1.54, 1.807) is 0 Å². The van der Waals surface area contributed by atoms with Gasteiger partial charge in [0.1, 0.15) is 11.5 Å². The Morgan fingerprint density at radius 2 is 1.45 bits per heavy atom. The first-order chi connectivity index (χ1) is 10.9. The molecule has 0 aliphatic rings. The van der Waals surface area contributed by atoms with Gasteiger partial charge in [-0.05, 0) is 29.3 Å². The summed E-state index contributed by atoms with van der Waals surface area (Å²) in [5.74, 6) is 1.73. The van der Waals surface area contributed by atoms with Gasteiger partial charge in [0.25, 0.3) is 0 Å². The largest absolute Gasteiger partial charge is 0.457 e. The van der Waals surface area contributed by atoms with Crippen molar-refractivity contribution < 1.29 is 4.74 Å². The minimum absolute atomic E-state index is 0.825. The van der Waals surface area contributed by atoms with Crippen molar-refractivity contribution in [2.45, 2.75) is 6.42 Å². The Morgan fingerprint density at radius 1 is 0.773 bits per heavy atom. The molecule has 0 unspecified atom stereocenters. The molecule has 22 heavy (non-hydrogen) atoms. The van der Waals surface area contributed by atoms with Crippen LogP contribution in [0.3, 0.4) is 0 Å². The molecular weight excluding hydrogens is 268 g/mol. The van der Waals surface area contributed by atoms with Crippen molar-refractivity contribution in [3.05, 3.63) is 102 Å². The van der Waals surface area contributed by atoms with E-state index in [9.17, 15) is 0 Å². The van der Waals surface area contributed by atoms with Crippen LogP contribution in [0, 0.1) is 0 Å². The van der Waals surface area contributed by atoms with E-state index in [1.165, 1.54) is 5.56 Å². The van der Waals surface area contributed by atoms with Gasteiger partial charge in [0.2, 0.25) is 0 Å². The van der Waals surface area contributed by atoms with Crippen LogP contribution >= 0.6 is 0 Å². The zero-order valence-corrected chi connectivity index (χ0v) is 12.4. The fourth-order valence-electron chi connectivity index (χ4n) is 2.47. The number of hydrogen-bond acceptors (Lipinski definition) is 1. The molecule has 108 valence electrons. The molecule has 0 radical (unpaired) electrons. The third-order valence-corrected chi connectivity index (χ3v) is 3.58. The van der Waals surface area contributed by atoms with E-state index < -0.39 is 0 Å². The Labute approximate surface area is 131 Å². The number of rotatable bonds is 5. The molecule has 0 N–H and O–H groups in total. The summed E-state index contributed by atoms with van der Waals surface area (Å²) in [6, 6.07) is 26.4. The summed E-state index contributed by atoms with van der Waals surface area (Å²) in [4.78, 5) is 0. The van der Waals surface area contributed by atoms with Gasteiger partial charge in [-0.3, -0.25) is 0 Å². The maximum absolute atomic E-state index is 6.08. The topological polar surface area (TPSA) is 9.23 Å². The van der Waals surface area contributed by atoms with E-state index in [0.717, 1.165) is 29.0 Å². The SMILES string of the molecule is C=Cc1cccc(Oc2ccccc2)c1Cc1ccccc1. The molecule has 1 heteroatoms. The van der Waals surface area contributed by atoms with E-state index in [4.69, 9.17) is 4.74 Å². The fraction of sp³-hybridized carbons (Fsp3) is 0.0476. The zero-order chi connectivity index (χ0) is 15.2. The van der Waals surface area contributed by atoms with E-state index in [0.29, 0.717) is 0 Å². The van der Waals surface area contributed by atoms with Crippen molar-refractivity contribution >= 4 is 6.08 Å². The molecule has 0 saturated carbocycles. The molecule has 0 aromatic heterocycles. The molecule has 0 saturated heterocycles. The molecule has 0 aliphatic heterocycles. The van der Waals surface area contributed by atoms with Crippen LogP contribution in [0.4, 0.5) is 0 Å². The van der Waals surface area contributed by atoms with Gasteiger partial charge in [-0.2, -0.15) is 0 Å². The molecule has 0 heterocycles. The van der Waals surface area contributed by atoms with Crippen LogP contribution in [-0.2, 0) is 6.42 Å². The van der Waals surface area contributed by atoms with E-state index in [-0.39, 0.29) is 0 Å². The van der Waals surface area contributed by atoms with Crippen LogP contribution in [0.2, 0.25) is 0 Å². The zero-order valence-electron chi connectivity index (χ0n) is 12.4. The highest BCUT2D eigenvalue weighted by Crippen LogP contribution is 2.30. The highest BCUT2D eigenvalue weighted by atomic mass is 16.5. The number of para-hydroxylation sites is 1. The highest BCUT2D eigenvalue weighted by molar-refractivity contribution is 5.58. The van der Waals surface area contributed by atoms with Crippen LogP contribution in [-0.4, -0.2) is 0 Å².